The molecule has 0 saturated carbocycles. The monoisotopic (exact) mass is 405 g/mol. The van der Waals surface area contributed by atoms with Gasteiger partial charge in [-0.1, -0.05) is 13.3 Å². The number of hydrogen-bond acceptors (Lipinski definition) is 10. The molecule has 0 aliphatic carbocycles. The van der Waals surface area contributed by atoms with Gasteiger partial charge in [0.15, 0.2) is 0 Å². The molecule has 0 heterocycles. The molecule has 0 aromatic heterocycles. The van der Waals surface area contributed by atoms with Crippen molar-refractivity contribution in [2.24, 2.45) is 16.5 Å². The van der Waals surface area contributed by atoms with Gasteiger partial charge in [-0.25, -0.2) is 24.2 Å². The smallest absolute Gasteiger partial charge is 0.379 e. The number of ether oxygens (including phenoxy) is 1. The molecule has 1 unspecified atom stereocenters. The Balaban J connectivity index is 4.22. The zero-order valence-corrected chi connectivity index (χ0v) is 16.5. The zero-order chi connectivity index (χ0) is 20.9. The van der Waals surface area contributed by atoms with Crippen LogP contribution in [0.25, 0.3) is 0 Å². The first kappa shape index (κ1) is 24.9. The van der Waals surface area contributed by atoms with Gasteiger partial charge in [0, 0.05) is 36.6 Å². The van der Waals surface area contributed by atoms with Crippen LogP contribution in [0.5, 0.6) is 0 Å². The fourth-order valence-corrected chi connectivity index (χ4v) is 2.35. The fraction of sp³-hybridized carbons (Fsp3) is 0.625. The molecule has 0 aromatic rings. The van der Waals surface area contributed by atoms with Gasteiger partial charge in [0.25, 0.3) is 0 Å². The number of aliphatic imine (C=N–C) groups is 1. The van der Waals surface area contributed by atoms with Crippen LogP contribution in [-0.2, 0) is 28.9 Å². The highest BCUT2D eigenvalue weighted by atomic mass is 32.2. The number of thioether (sulfide) groups is 1. The third-order valence-corrected chi connectivity index (χ3v) is 4.08. The quantitative estimate of drug-likeness (QED) is 0.0624. The lowest BCUT2D eigenvalue weighted by Crippen LogP contribution is -2.48. The van der Waals surface area contributed by atoms with Crippen molar-refractivity contribution in [3.8, 4) is 0 Å². The van der Waals surface area contributed by atoms with Gasteiger partial charge in [0.1, 0.15) is 5.54 Å². The Hall–Kier alpha value is -2.11. The Kier molecular flexibility index (Phi) is 12.1. The first-order valence-corrected chi connectivity index (χ1v) is 9.36. The zero-order valence-electron chi connectivity index (χ0n) is 15.7. The largest absolute Gasteiger partial charge is 0.433 e. The molecule has 0 aliphatic rings. The number of esters is 1. The van der Waals surface area contributed by atoms with Gasteiger partial charge in [-0.3, -0.25) is 4.99 Å². The van der Waals surface area contributed by atoms with Crippen LogP contribution in [0.4, 0.5) is 0 Å². The minimum absolute atomic E-state index is 0.208. The van der Waals surface area contributed by atoms with Crippen LogP contribution in [0.2, 0.25) is 0 Å². The Morgan fingerprint density at radius 1 is 1.26 bits per heavy atom. The summed E-state index contributed by atoms with van der Waals surface area (Å²) in [6.45, 7) is 5.39. The molecule has 0 saturated heterocycles. The molecule has 5 N–H and O–H groups in total. The minimum Gasteiger partial charge on any atom is -0.433 e. The van der Waals surface area contributed by atoms with Crippen LogP contribution in [0, 0.1) is 0 Å². The Bertz CT molecular complexity index is 560. The average molecular weight is 405 g/mol. The van der Waals surface area contributed by atoms with Crippen molar-refractivity contribution in [3.05, 3.63) is 12.2 Å². The summed E-state index contributed by atoms with van der Waals surface area (Å²) >= 11 is 1.36. The summed E-state index contributed by atoms with van der Waals surface area (Å²) in [5.74, 6) is -1.72. The average Bonchev–Trinajstić information content (AvgIpc) is 2.57. The van der Waals surface area contributed by atoms with E-state index in [2.05, 4.69) is 19.5 Å². The number of nitrogens with zero attached hydrogens (tertiary/aromatic N) is 1. The van der Waals surface area contributed by atoms with Crippen LogP contribution < -0.4 is 11.5 Å². The second kappa shape index (κ2) is 13.1. The molecule has 2 atom stereocenters. The number of rotatable bonds is 11. The maximum Gasteiger partial charge on any atom is 0.379 e. The highest BCUT2D eigenvalue weighted by Gasteiger charge is 2.32. The fourth-order valence-electron chi connectivity index (χ4n) is 1.45. The van der Waals surface area contributed by atoms with Gasteiger partial charge >= 0.3 is 17.9 Å². The number of aliphatic hydroxyl groups excluding tert-OH is 1. The summed E-state index contributed by atoms with van der Waals surface area (Å²) in [5.41, 5.74) is 9.84. The SMILES string of the molecule is CCCC(O)OC(=O)/C=C/C(=O)OOC(=O)[C@@](C)(N)CSCCN=C(C)N. The predicted octanol–water partition coefficient (Wildman–Crippen LogP) is 0.0334. The van der Waals surface area contributed by atoms with E-state index in [0.29, 0.717) is 30.6 Å². The van der Waals surface area contributed by atoms with E-state index in [1.165, 1.54) is 18.7 Å². The third-order valence-electron chi connectivity index (χ3n) is 2.81. The first-order chi connectivity index (χ1) is 12.6. The Morgan fingerprint density at radius 2 is 1.89 bits per heavy atom. The van der Waals surface area contributed by atoms with Gasteiger partial charge in [0.2, 0.25) is 6.29 Å². The number of carbonyl (C=O) groups excluding carboxylic acids is 3. The summed E-state index contributed by atoms with van der Waals surface area (Å²) in [5, 5.41) is 9.29. The summed E-state index contributed by atoms with van der Waals surface area (Å²) in [7, 11) is 0. The second-order valence-corrected chi connectivity index (χ2v) is 6.89. The molecule has 0 rings (SSSR count). The minimum atomic E-state index is -1.39. The molecule has 0 aliphatic heterocycles. The lowest BCUT2D eigenvalue weighted by molar-refractivity contribution is -0.258. The van der Waals surface area contributed by atoms with Gasteiger partial charge < -0.3 is 21.3 Å². The maximum absolute atomic E-state index is 11.9. The summed E-state index contributed by atoms with van der Waals surface area (Å²) < 4.78 is 4.57. The van der Waals surface area contributed by atoms with Gasteiger partial charge in [-0.05, 0) is 13.8 Å². The Labute approximate surface area is 162 Å². The molecule has 27 heavy (non-hydrogen) atoms. The van der Waals surface area contributed by atoms with Crippen LogP contribution >= 0.6 is 11.8 Å². The van der Waals surface area contributed by atoms with Crippen molar-refractivity contribution in [1.29, 1.82) is 0 Å². The predicted molar refractivity (Wildman–Crippen MR) is 100 cm³/mol. The van der Waals surface area contributed by atoms with E-state index in [-0.39, 0.29) is 12.2 Å². The van der Waals surface area contributed by atoms with E-state index in [1.54, 1.807) is 13.8 Å². The number of amidine groups is 1. The molecule has 0 amide bonds. The molecule has 0 spiro atoms. The van der Waals surface area contributed by atoms with Gasteiger partial charge in [-0.15, -0.1) is 0 Å². The van der Waals surface area contributed by atoms with E-state index in [9.17, 15) is 19.5 Å². The lowest BCUT2D eigenvalue weighted by atomic mass is 10.1. The molecule has 10 nitrogen and oxygen atoms in total. The standard InChI is InChI=1S/C16H27N3O7S/c1-4-5-12(20)24-13(21)6-7-14(22)25-26-15(23)16(3,18)10-27-9-8-19-11(2)17/h6-7,12,20H,4-5,8-10,18H2,1-3H3,(H2,17,19)/b7-6+/t12?,16-/m0/s1. The first-order valence-electron chi connectivity index (χ1n) is 8.21. The number of aliphatic hydroxyl groups is 1. The van der Waals surface area contributed by atoms with Crippen molar-refractivity contribution in [1.82, 2.24) is 0 Å². The van der Waals surface area contributed by atoms with Crippen molar-refractivity contribution in [2.45, 2.75) is 45.4 Å². The summed E-state index contributed by atoms with van der Waals surface area (Å²) in [4.78, 5) is 47.3. The summed E-state index contributed by atoms with van der Waals surface area (Å²) in [6, 6.07) is 0. The molecule has 154 valence electrons. The van der Waals surface area contributed by atoms with E-state index in [4.69, 9.17) is 11.5 Å². The van der Waals surface area contributed by atoms with Crippen LogP contribution in [0.15, 0.2) is 17.1 Å². The topological polar surface area (TPSA) is 164 Å². The molecule has 0 bridgehead atoms. The van der Waals surface area contributed by atoms with Gasteiger partial charge in [-0.2, -0.15) is 11.8 Å². The van der Waals surface area contributed by atoms with E-state index in [0.717, 1.165) is 6.08 Å². The normalized spacial score (nSPS) is 15.1. The van der Waals surface area contributed by atoms with Crippen molar-refractivity contribution >= 4 is 35.5 Å². The number of nitrogens with two attached hydrogens (primary N) is 2. The Morgan fingerprint density at radius 3 is 2.48 bits per heavy atom. The number of carbonyl (C=O) groups is 3. The molecule has 0 fully saturated rings. The van der Waals surface area contributed by atoms with Crippen LogP contribution in [0.1, 0.15) is 33.6 Å². The van der Waals surface area contributed by atoms with Crippen molar-refractivity contribution in [3.63, 3.8) is 0 Å². The van der Waals surface area contributed by atoms with E-state index < -0.39 is 29.7 Å². The second-order valence-electron chi connectivity index (χ2n) is 5.78. The van der Waals surface area contributed by atoms with Crippen molar-refractivity contribution in [2.75, 3.05) is 18.1 Å². The van der Waals surface area contributed by atoms with Crippen LogP contribution in [-0.4, -0.2) is 58.7 Å². The van der Waals surface area contributed by atoms with Gasteiger partial charge in [0.05, 0.1) is 5.84 Å². The molecule has 0 aromatic carbocycles. The maximum atomic E-state index is 11.9. The highest BCUT2D eigenvalue weighted by Crippen LogP contribution is 2.13. The highest BCUT2D eigenvalue weighted by molar-refractivity contribution is 7.99. The van der Waals surface area contributed by atoms with E-state index >= 15 is 0 Å². The molecular formula is C16H27N3O7S. The lowest BCUT2D eigenvalue weighted by Gasteiger charge is -2.20. The molecular weight excluding hydrogens is 378 g/mol. The van der Waals surface area contributed by atoms with Crippen molar-refractivity contribution < 1.29 is 34.0 Å². The van der Waals surface area contributed by atoms with E-state index in [1.807, 2.05) is 0 Å². The van der Waals surface area contributed by atoms with Crippen LogP contribution in [0.3, 0.4) is 0 Å². The third kappa shape index (κ3) is 12.8. The summed E-state index contributed by atoms with van der Waals surface area (Å²) in [6.07, 6.45) is 1.08. The molecule has 0 radical (unpaired) electrons. The molecule has 11 heteroatoms. The number of hydrogen-bond donors (Lipinski definition) is 3.